The molecular formula is C18H25N5O3. The Labute approximate surface area is 152 Å². The highest BCUT2D eigenvalue weighted by Gasteiger charge is 2.29. The third-order valence-electron chi connectivity index (χ3n) is 4.77. The molecule has 2 aromatic rings. The SMILES string of the molecule is CCn1c(C2CCCN(C(=O)Nc3ccc(OC)cc3)C2)nn(C)c1=O. The Balaban J connectivity index is 1.70. The average molecular weight is 359 g/mol. The van der Waals surface area contributed by atoms with Gasteiger partial charge < -0.3 is 15.0 Å². The fourth-order valence-electron chi connectivity index (χ4n) is 3.37. The van der Waals surface area contributed by atoms with E-state index in [-0.39, 0.29) is 17.6 Å². The molecule has 8 heteroatoms. The predicted octanol–water partition coefficient (Wildman–Crippen LogP) is 2.02. The average Bonchev–Trinajstić information content (AvgIpc) is 2.96. The van der Waals surface area contributed by atoms with Gasteiger partial charge in [-0.15, -0.1) is 0 Å². The maximum Gasteiger partial charge on any atom is 0.345 e. The van der Waals surface area contributed by atoms with E-state index in [1.807, 2.05) is 31.2 Å². The molecule has 2 heterocycles. The number of carbonyl (C=O) groups excluding carboxylic acids is 1. The van der Waals surface area contributed by atoms with Gasteiger partial charge in [0.1, 0.15) is 11.6 Å². The number of methoxy groups -OCH3 is 1. The van der Waals surface area contributed by atoms with Gasteiger partial charge >= 0.3 is 11.7 Å². The van der Waals surface area contributed by atoms with Crippen molar-refractivity contribution in [1.82, 2.24) is 19.2 Å². The molecule has 1 aromatic carbocycles. The molecule has 8 nitrogen and oxygen atoms in total. The first kappa shape index (κ1) is 18.0. The Morgan fingerprint density at radius 2 is 2.08 bits per heavy atom. The largest absolute Gasteiger partial charge is 0.497 e. The maximum absolute atomic E-state index is 12.6. The van der Waals surface area contributed by atoms with Crippen LogP contribution in [0.1, 0.15) is 31.5 Å². The number of hydrogen-bond acceptors (Lipinski definition) is 4. The van der Waals surface area contributed by atoms with Crippen molar-refractivity contribution >= 4 is 11.7 Å². The Morgan fingerprint density at radius 3 is 2.73 bits per heavy atom. The summed E-state index contributed by atoms with van der Waals surface area (Å²) in [4.78, 5) is 26.5. The van der Waals surface area contributed by atoms with E-state index in [2.05, 4.69) is 10.4 Å². The van der Waals surface area contributed by atoms with Gasteiger partial charge in [-0.3, -0.25) is 4.57 Å². The lowest BCUT2D eigenvalue weighted by Gasteiger charge is -2.32. The molecule has 0 bridgehead atoms. The standard InChI is InChI=1S/C18H25N5O3/c1-4-23-16(20-21(2)18(23)25)13-6-5-11-22(12-13)17(24)19-14-7-9-15(26-3)10-8-14/h7-10,13H,4-6,11-12H2,1-3H3,(H,19,24). The molecule has 1 saturated heterocycles. The lowest BCUT2D eigenvalue weighted by atomic mass is 9.97. The zero-order valence-corrected chi connectivity index (χ0v) is 15.4. The summed E-state index contributed by atoms with van der Waals surface area (Å²) >= 11 is 0. The first-order chi connectivity index (χ1) is 12.5. The van der Waals surface area contributed by atoms with Gasteiger partial charge in [-0.25, -0.2) is 14.3 Å². The van der Waals surface area contributed by atoms with Crippen LogP contribution in [0.4, 0.5) is 10.5 Å². The third kappa shape index (κ3) is 3.58. The minimum atomic E-state index is -0.138. The van der Waals surface area contributed by atoms with Crippen molar-refractivity contribution in [1.29, 1.82) is 0 Å². The van der Waals surface area contributed by atoms with Crippen molar-refractivity contribution in [2.75, 3.05) is 25.5 Å². The van der Waals surface area contributed by atoms with E-state index >= 15 is 0 Å². The van der Waals surface area contributed by atoms with Crippen LogP contribution < -0.4 is 15.7 Å². The number of aryl methyl sites for hydroxylation is 1. The number of nitrogens with one attached hydrogen (secondary N) is 1. The normalized spacial score (nSPS) is 17.2. The number of aromatic nitrogens is 3. The fourth-order valence-corrected chi connectivity index (χ4v) is 3.37. The van der Waals surface area contributed by atoms with Crippen molar-refractivity contribution in [2.24, 2.45) is 7.05 Å². The number of amides is 2. The van der Waals surface area contributed by atoms with E-state index in [9.17, 15) is 9.59 Å². The number of rotatable bonds is 4. The quantitative estimate of drug-likeness (QED) is 0.906. The van der Waals surface area contributed by atoms with E-state index in [0.29, 0.717) is 19.6 Å². The summed E-state index contributed by atoms with van der Waals surface area (Å²) in [5.74, 6) is 1.58. The van der Waals surface area contributed by atoms with Crippen LogP contribution in [0.25, 0.3) is 0 Å². The molecule has 3 rings (SSSR count). The second kappa shape index (κ2) is 7.63. The van der Waals surface area contributed by atoms with Crippen molar-refractivity contribution in [3.63, 3.8) is 0 Å². The summed E-state index contributed by atoms with van der Waals surface area (Å²) in [5.41, 5.74) is 0.614. The van der Waals surface area contributed by atoms with Crippen LogP contribution in [0.2, 0.25) is 0 Å². The molecule has 1 aliphatic heterocycles. The van der Waals surface area contributed by atoms with Crippen LogP contribution in [0, 0.1) is 0 Å². The van der Waals surface area contributed by atoms with Crippen LogP contribution in [-0.2, 0) is 13.6 Å². The van der Waals surface area contributed by atoms with Crippen molar-refractivity contribution in [3.8, 4) is 5.75 Å². The number of benzene rings is 1. The molecule has 26 heavy (non-hydrogen) atoms. The van der Waals surface area contributed by atoms with Crippen molar-refractivity contribution in [3.05, 3.63) is 40.6 Å². The Kier molecular flexibility index (Phi) is 5.29. The molecule has 1 aliphatic rings. The second-order valence-corrected chi connectivity index (χ2v) is 6.45. The fraction of sp³-hybridized carbons (Fsp3) is 0.500. The third-order valence-corrected chi connectivity index (χ3v) is 4.77. The molecule has 0 spiro atoms. The Hall–Kier alpha value is -2.77. The number of carbonyl (C=O) groups is 1. The summed E-state index contributed by atoms with van der Waals surface area (Å²) in [5, 5.41) is 7.31. The highest BCUT2D eigenvalue weighted by Crippen LogP contribution is 2.26. The maximum atomic E-state index is 12.6. The molecule has 1 unspecified atom stereocenters. The summed E-state index contributed by atoms with van der Waals surface area (Å²) in [6.45, 7) is 3.76. The number of anilines is 1. The van der Waals surface area contributed by atoms with E-state index < -0.39 is 0 Å². The van der Waals surface area contributed by atoms with Gasteiger partial charge in [0.25, 0.3) is 0 Å². The monoisotopic (exact) mass is 359 g/mol. The van der Waals surface area contributed by atoms with Gasteiger partial charge in [0.2, 0.25) is 0 Å². The molecule has 1 atom stereocenters. The number of likely N-dealkylation sites (tertiary alicyclic amines) is 1. The summed E-state index contributed by atoms with van der Waals surface area (Å²) in [6, 6.07) is 7.10. The first-order valence-electron chi connectivity index (χ1n) is 8.87. The molecule has 1 N–H and O–H groups in total. The zero-order valence-electron chi connectivity index (χ0n) is 15.4. The van der Waals surface area contributed by atoms with E-state index in [4.69, 9.17) is 4.74 Å². The molecule has 1 aromatic heterocycles. The number of hydrogen-bond donors (Lipinski definition) is 1. The van der Waals surface area contributed by atoms with Crippen LogP contribution >= 0.6 is 0 Å². The van der Waals surface area contributed by atoms with Gasteiger partial charge in [-0.2, -0.15) is 5.10 Å². The summed E-state index contributed by atoms with van der Waals surface area (Å²) in [6.07, 6.45) is 1.80. The number of piperidine rings is 1. The topological polar surface area (TPSA) is 81.4 Å². The van der Waals surface area contributed by atoms with E-state index in [1.54, 1.807) is 23.6 Å². The molecular weight excluding hydrogens is 334 g/mol. The first-order valence-corrected chi connectivity index (χ1v) is 8.87. The molecule has 1 fully saturated rings. The predicted molar refractivity (Wildman–Crippen MR) is 98.7 cm³/mol. The van der Waals surface area contributed by atoms with E-state index in [0.717, 1.165) is 30.1 Å². The van der Waals surface area contributed by atoms with E-state index in [1.165, 1.54) is 4.68 Å². The lowest BCUT2D eigenvalue weighted by molar-refractivity contribution is 0.190. The number of ether oxygens (including phenoxy) is 1. The van der Waals surface area contributed by atoms with Crippen molar-refractivity contribution in [2.45, 2.75) is 32.2 Å². The minimum absolute atomic E-state index is 0.0687. The van der Waals surface area contributed by atoms with Crippen LogP contribution in [0.15, 0.2) is 29.1 Å². The van der Waals surface area contributed by atoms with Gasteiger partial charge in [0.05, 0.1) is 7.11 Å². The van der Waals surface area contributed by atoms with Crippen LogP contribution in [0.5, 0.6) is 5.75 Å². The van der Waals surface area contributed by atoms with Crippen LogP contribution in [0.3, 0.4) is 0 Å². The Morgan fingerprint density at radius 1 is 1.35 bits per heavy atom. The van der Waals surface area contributed by atoms with Gasteiger partial charge in [0, 0.05) is 38.3 Å². The lowest BCUT2D eigenvalue weighted by Crippen LogP contribution is -2.42. The van der Waals surface area contributed by atoms with Crippen LogP contribution in [-0.4, -0.2) is 45.5 Å². The minimum Gasteiger partial charge on any atom is -0.497 e. The highest BCUT2D eigenvalue weighted by atomic mass is 16.5. The zero-order chi connectivity index (χ0) is 18.7. The number of nitrogens with zero attached hydrogens (tertiary/aromatic N) is 4. The molecule has 2 amide bonds. The van der Waals surface area contributed by atoms with Crippen molar-refractivity contribution < 1.29 is 9.53 Å². The highest BCUT2D eigenvalue weighted by molar-refractivity contribution is 5.89. The second-order valence-electron chi connectivity index (χ2n) is 6.45. The molecule has 0 radical (unpaired) electrons. The summed E-state index contributed by atoms with van der Waals surface area (Å²) < 4.78 is 8.19. The number of urea groups is 1. The van der Waals surface area contributed by atoms with Gasteiger partial charge in [-0.05, 0) is 44.0 Å². The molecule has 0 aliphatic carbocycles. The van der Waals surface area contributed by atoms with Gasteiger partial charge in [-0.1, -0.05) is 0 Å². The molecule has 140 valence electrons. The van der Waals surface area contributed by atoms with Gasteiger partial charge in [0.15, 0.2) is 0 Å². The summed E-state index contributed by atoms with van der Waals surface area (Å²) in [7, 11) is 3.27. The molecule has 0 saturated carbocycles. The Bertz CT molecular complexity index is 824. The smallest absolute Gasteiger partial charge is 0.345 e.